The molecule has 0 spiro atoms. The SMILES string of the molecule is O=C(C(=Nc1ccccc1C(=O)O)NO)c1ccccc1. The van der Waals surface area contributed by atoms with Crippen LogP contribution in [0.1, 0.15) is 20.7 Å². The molecule has 0 aliphatic rings. The third-order valence-electron chi connectivity index (χ3n) is 2.72. The molecular weight excluding hydrogens is 272 g/mol. The summed E-state index contributed by atoms with van der Waals surface area (Å²) in [5.41, 5.74) is 2.06. The maximum Gasteiger partial charge on any atom is 0.337 e. The number of ketones is 1. The fourth-order valence-corrected chi connectivity index (χ4v) is 1.73. The minimum atomic E-state index is -1.17. The second-order valence-electron chi connectivity index (χ2n) is 4.09. The lowest BCUT2D eigenvalue weighted by atomic mass is 10.1. The first-order valence-electron chi connectivity index (χ1n) is 6.04. The average Bonchev–Trinajstić information content (AvgIpc) is 2.53. The number of carboxylic acid groups (broad SMARTS) is 1. The Bertz CT molecular complexity index is 696. The van der Waals surface area contributed by atoms with Crippen LogP contribution in [0, 0.1) is 0 Å². The van der Waals surface area contributed by atoms with Crippen molar-refractivity contribution in [2.24, 2.45) is 4.99 Å². The molecule has 0 radical (unpaired) electrons. The molecule has 0 aromatic heterocycles. The number of aliphatic imine (C=N–C) groups is 1. The second-order valence-corrected chi connectivity index (χ2v) is 4.09. The second kappa shape index (κ2) is 6.44. The summed E-state index contributed by atoms with van der Waals surface area (Å²) >= 11 is 0. The van der Waals surface area contributed by atoms with Gasteiger partial charge >= 0.3 is 5.97 Å². The van der Waals surface area contributed by atoms with Gasteiger partial charge in [-0.05, 0) is 12.1 Å². The number of hydroxylamine groups is 1. The highest BCUT2D eigenvalue weighted by atomic mass is 16.5. The molecule has 21 heavy (non-hydrogen) atoms. The van der Waals surface area contributed by atoms with E-state index < -0.39 is 11.8 Å². The van der Waals surface area contributed by atoms with E-state index in [4.69, 9.17) is 10.3 Å². The smallest absolute Gasteiger partial charge is 0.337 e. The molecule has 6 nitrogen and oxygen atoms in total. The highest BCUT2D eigenvalue weighted by Crippen LogP contribution is 2.19. The zero-order valence-corrected chi connectivity index (χ0v) is 10.9. The van der Waals surface area contributed by atoms with Crippen molar-refractivity contribution in [3.8, 4) is 0 Å². The van der Waals surface area contributed by atoms with Gasteiger partial charge in [-0.1, -0.05) is 42.5 Å². The number of carboxylic acids is 1. The minimum absolute atomic E-state index is 0.0638. The van der Waals surface area contributed by atoms with Gasteiger partial charge in [-0.25, -0.2) is 15.3 Å². The minimum Gasteiger partial charge on any atom is -0.478 e. The van der Waals surface area contributed by atoms with Crippen molar-refractivity contribution >= 4 is 23.3 Å². The van der Waals surface area contributed by atoms with Gasteiger partial charge in [0.1, 0.15) is 0 Å². The Kier molecular flexibility index (Phi) is 4.43. The van der Waals surface area contributed by atoms with Crippen molar-refractivity contribution in [2.75, 3.05) is 0 Å². The predicted molar refractivity (Wildman–Crippen MR) is 76.2 cm³/mol. The first-order valence-corrected chi connectivity index (χ1v) is 6.04. The van der Waals surface area contributed by atoms with Gasteiger partial charge < -0.3 is 5.11 Å². The van der Waals surface area contributed by atoms with Crippen LogP contribution < -0.4 is 5.48 Å². The molecule has 0 atom stereocenters. The van der Waals surface area contributed by atoms with Crippen molar-refractivity contribution in [3.63, 3.8) is 0 Å². The molecule has 2 rings (SSSR count). The molecule has 0 aliphatic carbocycles. The summed E-state index contributed by atoms with van der Waals surface area (Å²) in [6.45, 7) is 0. The highest BCUT2D eigenvalue weighted by molar-refractivity contribution is 6.45. The lowest BCUT2D eigenvalue weighted by Crippen LogP contribution is -2.28. The summed E-state index contributed by atoms with van der Waals surface area (Å²) in [5.74, 6) is -2.06. The van der Waals surface area contributed by atoms with E-state index in [-0.39, 0.29) is 17.1 Å². The number of rotatable bonds is 4. The van der Waals surface area contributed by atoms with E-state index in [1.54, 1.807) is 47.9 Å². The molecule has 0 aliphatic heterocycles. The van der Waals surface area contributed by atoms with Gasteiger partial charge in [0.25, 0.3) is 0 Å². The number of nitrogens with zero attached hydrogens (tertiary/aromatic N) is 1. The van der Waals surface area contributed by atoms with Crippen LogP contribution in [0.5, 0.6) is 0 Å². The number of para-hydroxylation sites is 1. The predicted octanol–water partition coefficient (Wildman–Crippen LogP) is 2.28. The molecule has 0 unspecified atom stereocenters. The van der Waals surface area contributed by atoms with Crippen molar-refractivity contribution in [1.29, 1.82) is 0 Å². The molecule has 106 valence electrons. The molecule has 0 saturated heterocycles. The molecule has 0 fully saturated rings. The standard InChI is InChI=1S/C15H12N2O4/c18-13(10-6-2-1-3-7-10)14(17-21)16-12-9-5-4-8-11(12)15(19)20/h1-9,21H,(H,16,17)(H,19,20). The lowest BCUT2D eigenvalue weighted by molar-refractivity contribution is 0.0697. The molecule has 3 N–H and O–H groups in total. The van der Waals surface area contributed by atoms with Crippen LogP contribution in [0.4, 0.5) is 5.69 Å². The van der Waals surface area contributed by atoms with Crippen LogP contribution in [0.15, 0.2) is 59.6 Å². The Morgan fingerprint density at radius 3 is 2.19 bits per heavy atom. The number of amidine groups is 1. The molecule has 2 aromatic carbocycles. The largest absolute Gasteiger partial charge is 0.478 e. The van der Waals surface area contributed by atoms with E-state index >= 15 is 0 Å². The van der Waals surface area contributed by atoms with Gasteiger partial charge in [0.05, 0.1) is 11.3 Å². The van der Waals surface area contributed by atoms with Crippen molar-refractivity contribution < 1.29 is 19.9 Å². The average molecular weight is 284 g/mol. The van der Waals surface area contributed by atoms with E-state index in [1.807, 2.05) is 0 Å². The molecule has 0 saturated carbocycles. The Hall–Kier alpha value is -2.99. The summed E-state index contributed by atoms with van der Waals surface area (Å²) in [6.07, 6.45) is 0. The topological polar surface area (TPSA) is 99.0 Å². The van der Waals surface area contributed by atoms with Crippen LogP contribution in [-0.2, 0) is 0 Å². The number of benzene rings is 2. The summed E-state index contributed by atoms with van der Waals surface area (Å²) in [4.78, 5) is 27.2. The van der Waals surface area contributed by atoms with Crippen LogP contribution in [0.3, 0.4) is 0 Å². The first kappa shape index (κ1) is 14.4. The van der Waals surface area contributed by atoms with Crippen molar-refractivity contribution in [3.05, 3.63) is 65.7 Å². The number of hydrogen-bond acceptors (Lipinski definition) is 4. The highest BCUT2D eigenvalue weighted by Gasteiger charge is 2.15. The molecule has 6 heteroatoms. The summed E-state index contributed by atoms with van der Waals surface area (Å²) in [6, 6.07) is 14.2. The van der Waals surface area contributed by atoms with E-state index in [1.165, 1.54) is 12.1 Å². The number of hydrogen-bond donors (Lipinski definition) is 3. The van der Waals surface area contributed by atoms with Crippen molar-refractivity contribution in [2.45, 2.75) is 0 Å². The Morgan fingerprint density at radius 2 is 1.57 bits per heavy atom. The quantitative estimate of drug-likeness (QED) is 0.346. The van der Waals surface area contributed by atoms with Gasteiger partial charge in [0.2, 0.25) is 5.78 Å². The molecule has 0 bridgehead atoms. The van der Waals surface area contributed by atoms with E-state index in [9.17, 15) is 9.59 Å². The van der Waals surface area contributed by atoms with Crippen LogP contribution in [0.2, 0.25) is 0 Å². The van der Waals surface area contributed by atoms with Crippen LogP contribution in [-0.4, -0.2) is 27.9 Å². The third kappa shape index (κ3) is 3.31. The van der Waals surface area contributed by atoms with Crippen LogP contribution >= 0.6 is 0 Å². The van der Waals surface area contributed by atoms with Gasteiger partial charge in [-0.3, -0.25) is 10.0 Å². The summed E-state index contributed by atoms with van der Waals surface area (Å²) in [7, 11) is 0. The number of carbonyl (C=O) groups is 2. The monoisotopic (exact) mass is 284 g/mol. The normalized spacial score (nSPS) is 11.0. The Morgan fingerprint density at radius 1 is 0.952 bits per heavy atom. The Balaban J connectivity index is 2.42. The number of Topliss-reactive ketones (excluding diaryl/α,β-unsaturated/α-hetero) is 1. The number of nitrogens with one attached hydrogen (secondary N) is 1. The Labute approximate surface area is 120 Å². The van der Waals surface area contributed by atoms with Gasteiger partial charge in [0.15, 0.2) is 5.84 Å². The van der Waals surface area contributed by atoms with Gasteiger partial charge in [-0.2, -0.15) is 0 Å². The number of carbonyl (C=O) groups excluding carboxylic acids is 1. The zero-order valence-electron chi connectivity index (χ0n) is 10.9. The first-order chi connectivity index (χ1) is 10.1. The fourth-order valence-electron chi connectivity index (χ4n) is 1.73. The number of aromatic carboxylic acids is 1. The van der Waals surface area contributed by atoms with E-state index in [0.29, 0.717) is 5.56 Å². The third-order valence-corrected chi connectivity index (χ3v) is 2.72. The summed E-state index contributed by atoms with van der Waals surface area (Å²) in [5, 5.41) is 18.2. The van der Waals surface area contributed by atoms with Crippen LogP contribution in [0.25, 0.3) is 0 Å². The maximum atomic E-state index is 12.2. The molecule has 0 amide bonds. The summed E-state index contributed by atoms with van der Waals surface area (Å²) < 4.78 is 0. The lowest BCUT2D eigenvalue weighted by Gasteiger charge is -2.05. The fraction of sp³-hybridized carbons (Fsp3) is 0. The van der Waals surface area contributed by atoms with E-state index in [2.05, 4.69) is 4.99 Å². The van der Waals surface area contributed by atoms with E-state index in [0.717, 1.165) is 0 Å². The molecule has 0 heterocycles. The molecular formula is C15H12N2O4. The maximum absolute atomic E-state index is 12.2. The zero-order chi connectivity index (χ0) is 15.2. The van der Waals surface area contributed by atoms with Gasteiger partial charge in [-0.15, -0.1) is 0 Å². The van der Waals surface area contributed by atoms with Gasteiger partial charge in [0, 0.05) is 5.56 Å². The van der Waals surface area contributed by atoms with Crippen molar-refractivity contribution in [1.82, 2.24) is 5.48 Å². The molecule has 2 aromatic rings.